The van der Waals surface area contributed by atoms with Gasteiger partial charge < -0.3 is 10.5 Å². The van der Waals surface area contributed by atoms with Crippen molar-refractivity contribution in [3.8, 4) is 0 Å². The van der Waals surface area contributed by atoms with Crippen LogP contribution in [0, 0.1) is 0 Å². The Labute approximate surface area is 188 Å². The number of nitrogen functional groups attached to an aromatic ring is 1. The summed E-state index contributed by atoms with van der Waals surface area (Å²) in [5, 5.41) is 0. The maximum absolute atomic E-state index is 14.3. The second kappa shape index (κ2) is 13.9. The standard InChI is InChI=1S/C21H34F2N3O5P/c1-2-3-4-5-6-7-8-9-10-11-14-29-32(28)30-16-17-15-21(22,23)19(31-17)26-13-12-18(24)25-20(26)27/h12-13,17,19H,2-11,14-16H2,1H3,(H-,24,25,27)/p+1. The number of unbranched alkanes of at least 4 members (excludes halogenated alkanes) is 9. The van der Waals surface area contributed by atoms with E-state index in [0.717, 1.165) is 25.5 Å². The van der Waals surface area contributed by atoms with Crippen LogP contribution in [0.25, 0.3) is 0 Å². The van der Waals surface area contributed by atoms with Gasteiger partial charge in [-0.1, -0.05) is 64.7 Å². The van der Waals surface area contributed by atoms with Gasteiger partial charge in [0.2, 0.25) is 6.23 Å². The molecule has 11 heteroatoms. The summed E-state index contributed by atoms with van der Waals surface area (Å²) in [6.45, 7) is 2.18. The van der Waals surface area contributed by atoms with E-state index < -0.39 is 38.6 Å². The Balaban J connectivity index is 1.58. The van der Waals surface area contributed by atoms with Gasteiger partial charge in [0.15, 0.2) is 0 Å². The lowest BCUT2D eigenvalue weighted by atomic mass is 10.1. The Bertz CT molecular complexity index is 765. The zero-order valence-electron chi connectivity index (χ0n) is 18.7. The van der Waals surface area contributed by atoms with Gasteiger partial charge in [0.25, 0.3) is 5.92 Å². The number of rotatable bonds is 16. The first-order valence-electron chi connectivity index (χ1n) is 11.4. The summed E-state index contributed by atoms with van der Waals surface area (Å²) in [5.41, 5.74) is 4.45. The number of hydrogen-bond donors (Lipinski definition) is 1. The van der Waals surface area contributed by atoms with E-state index in [1.165, 1.54) is 51.0 Å². The van der Waals surface area contributed by atoms with E-state index in [1.54, 1.807) is 0 Å². The van der Waals surface area contributed by atoms with Gasteiger partial charge in [0, 0.05) is 17.2 Å². The second-order valence-corrected chi connectivity index (χ2v) is 9.12. The van der Waals surface area contributed by atoms with Gasteiger partial charge in [0.05, 0.1) is 6.10 Å². The molecule has 0 aromatic carbocycles. The fourth-order valence-electron chi connectivity index (χ4n) is 3.62. The van der Waals surface area contributed by atoms with Crippen molar-refractivity contribution < 1.29 is 27.1 Å². The SMILES string of the molecule is CCCCCCCCCCCCO[P+](=O)OCC1CC(F)(F)C(n2ccc(N)nc2=O)O1. The summed E-state index contributed by atoms with van der Waals surface area (Å²) in [5.74, 6) is -3.37. The smallest absolute Gasteiger partial charge is 0.383 e. The summed E-state index contributed by atoms with van der Waals surface area (Å²) in [6, 6.07) is 1.24. The monoisotopic (exact) mass is 478 g/mol. The number of anilines is 1. The third kappa shape index (κ3) is 9.17. The molecule has 0 saturated carbocycles. The molecule has 2 heterocycles. The lowest BCUT2D eigenvalue weighted by Crippen LogP contribution is -2.35. The highest BCUT2D eigenvalue weighted by Crippen LogP contribution is 2.42. The molecule has 32 heavy (non-hydrogen) atoms. The number of hydrogen-bond acceptors (Lipinski definition) is 7. The molecule has 2 N–H and O–H groups in total. The minimum Gasteiger partial charge on any atom is -0.383 e. The molecule has 182 valence electrons. The lowest BCUT2D eigenvalue weighted by molar-refractivity contribution is -0.119. The normalized spacial score (nSPS) is 20.5. The Morgan fingerprint density at radius 1 is 1.16 bits per heavy atom. The van der Waals surface area contributed by atoms with Crippen LogP contribution in [0.15, 0.2) is 17.1 Å². The molecular weight excluding hydrogens is 443 g/mol. The maximum Gasteiger partial charge on any atom is 0.697 e. The van der Waals surface area contributed by atoms with Gasteiger partial charge in [-0.3, -0.25) is 4.57 Å². The summed E-state index contributed by atoms with van der Waals surface area (Å²) < 4.78 is 56.6. The van der Waals surface area contributed by atoms with E-state index >= 15 is 0 Å². The molecule has 3 unspecified atom stereocenters. The van der Waals surface area contributed by atoms with Gasteiger partial charge in [0.1, 0.15) is 19.0 Å². The topological polar surface area (TPSA) is 106 Å². The fourth-order valence-corrected chi connectivity index (χ4v) is 4.26. The Kier molecular flexibility index (Phi) is 11.7. The molecule has 3 atom stereocenters. The average Bonchev–Trinajstić information content (AvgIpc) is 3.04. The second-order valence-electron chi connectivity index (χ2n) is 8.15. The van der Waals surface area contributed by atoms with Crippen molar-refractivity contribution in [3.63, 3.8) is 0 Å². The van der Waals surface area contributed by atoms with Gasteiger partial charge in [-0.2, -0.15) is 4.98 Å². The van der Waals surface area contributed by atoms with Crippen molar-refractivity contribution in [1.82, 2.24) is 9.55 Å². The third-order valence-electron chi connectivity index (χ3n) is 5.35. The number of ether oxygens (including phenoxy) is 1. The zero-order chi connectivity index (χ0) is 23.4. The van der Waals surface area contributed by atoms with Crippen LogP contribution < -0.4 is 11.4 Å². The van der Waals surface area contributed by atoms with Crippen LogP contribution in [-0.2, 0) is 18.3 Å². The summed E-state index contributed by atoms with van der Waals surface area (Å²) in [6.07, 6.45) is 9.38. The molecule has 1 saturated heterocycles. The highest BCUT2D eigenvalue weighted by molar-refractivity contribution is 7.33. The number of nitrogens with zero attached hydrogens (tertiary/aromatic N) is 2. The molecule has 0 spiro atoms. The van der Waals surface area contributed by atoms with E-state index in [0.29, 0.717) is 11.2 Å². The molecule has 0 aliphatic carbocycles. The number of alkyl halides is 2. The van der Waals surface area contributed by atoms with E-state index in [1.807, 2.05) is 0 Å². The van der Waals surface area contributed by atoms with Gasteiger partial charge >= 0.3 is 13.9 Å². The van der Waals surface area contributed by atoms with Crippen molar-refractivity contribution in [2.45, 2.75) is 95.8 Å². The lowest BCUT2D eigenvalue weighted by Gasteiger charge is -2.19. The molecule has 0 amide bonds. The quantitative estimate of drug-likeness (QED) is 0.252. The van der Waals surface area contributed by atoms with Crippen LogP contribution in [0.5, 0.6) is 0 Å². The largest absolute Gasteiger partial charge is 0.697 e. The van der Waals surface area contributed by atoms with Gasteiger partial charge in [-0.25, -0.2) is 13.6 Å². The maximum atomic E-state index is 14.3. The Morgan fingerprint density at radius 3 is 2.41 bits per heavy atom. The van der Waals surface area contributed by atoms with E-state index in [4.69, 9.17) is 19.5 Å². The summed E-state index contributed by atoms with van der Waals surface area (Å²) in [4.78, 5) is 15.3. The fraction of sp³-hybridized carbons (Fsp3) is 0.810. The van der Waals surface area contributed by atoms with Crippen molar-refractivity contribution in [2.75, 3.05) is 18.9 Å². The molecule has 1 aliphatic heterocycles. The molecule has 0 radical (unpaired) electrons. The van der Waals surface area contributed by atoms with E-state index in [-0.39, 0.29) is 12.4 Å². The van der Waals surface area contributed by atoms with Crippen LogP contribution in [0.4, 0.5) is 14.6 Å². The zero-order valence-corrected chi connectivity index (χ0v) is 19.6. The molecular formula is C21H35F2N3O5P+. The van der Waals surface area contributed by atoms with Crippen molar-refractivity contribution >= 4 is 14.1 Å². The molecule has 8 nitrogen and oxygen atoms in total. The van der Waals surface area contributed by atoms with Crippen molar-refractivity contribution in [3.05, 3.63) is 22.7 Å². The predicted octanol–water partition coefficient (Wildman–Crippen LogP) is 5.36. The number of aromatic nitrogens is 2. The van der Waals surface area contributed by atoms with Crippen LogP contribution >= 0.6 is 8.25 Å². The van der Waals surface area contributed by atoms with Crippen LogP contribution in [0.2, 0.25) is 0 Å². The Morgan fingerprint density at radius 2 is 1.78 bits per heavy atom. The van der Waals surface area contributed by atoms with E-state index in [9.17, 15) is 18.1 Å². The van der Waals surface area contributed by atoms with Gasteiger partial charge in [-0.05, 0) is 12.5 Å². The third-order valence-corrected chi connectivity index (χ3v) is 6.10. The Hall–Kier alpha value is -1.48. The summed E-state index contributed by atoms with van der Waals surface area (Å²) >= 11 is 0. The highest BCUT2D eigenvalue weighted by Gasteiger charge is 2.52. The van der Waals surface area contributed by atoms with Crippen LogP contribution in [-0.4, -0.2) is 34.8 Å². The minimum absolute atomic E-state index is 0.0657. The first-order chi connectivity index (χ1) is 15.3. The van der Waals surface area contributed by atoms with Crippen LogP contribution in [0.1, 0.15) is 83.8 Å². The molecule has 1 aromatic rings. The predicted molar refractivity (Wildman–Crippen MR) is 118 cm³/mol. The first-order valence-corrected chi connectivity index (χ1v) is 12.5. The molecule has 1 fully saturated rings. The highest BCUT2D eigenvalue weighted by atomic mass is 31.1. The van der Waals surface area contributed by atoms with Crippen molar-refractivity contribution in [2.24, 2.45) is 0 Å². The summed E-state index contributed by atoms with van der Waals surface area (Å²) in [7, 11) is -2.42. The van der Waals surface area contributed by atoms with Gasteiger partial charge in [-0.15, -0.1) is 9.05 Å². The van der Waals surface area contributed by atoms with Crippen LogP contribution in [0.3, 0.4) is 0 Å². The minimum atomic E-state index is -3.31. The average molecular weight is 478 g/mol. The number of halogens is 2. The van der Waals surface area contributed by atoms with Crippen molar-refractivity contribution in [1.29, 1.82) is 0 Å². The molecule has 2 rings (SSSR count). The molecule has 0 bridgehead atoms. The first kappa shape index (κ1) is 26.8. The van der Waals surface area contributed by atoms with E-state index in [2.05, 4.69) is 11.9 Å². The molecule has 1 aliphatic rings. The number of nitrogens with two attached hydrogens (primary N) is 1. The molecule has 1 aromatic heterocycles.